The standard InChI is InChI=1S/C21H21N5O2/c1-12-4-6-14(7-5-12)19-25-18-15(8-9-22-20(18)26-19)21(27)24-16-11-23-17(28-3)10-13(16)2/h4-10,23H,11H2,1-3H3,(H,24,27)(H,22,25,26). The Balaban J connectivity index is 1.66. The number of imidazole rings is 1. The molecule has 7 nitrogen and oxygen atoms in total. The second kappa shape index (κ2) is 7.19. The number of fused-ring (bicyclic) bond motifs is 1. The van der Waals surface area contributed by atoms with Crippen molar-refractivity contribution in [2.45, 2.75) is 13.8 Å². The van der Waals surface area contributed by atoms with E-state index in [1.807, 2.05) is 44.2 Å². The van der Waals surface area contributed by atoms with Crippen LogP contribution in [0.1, 0.15) is 22.8 Å². The fraction of sp³-hybridized carbons (Fsp3) is 0.190. The minimum absolute atomic E-state index is 0.211. The van der Waals surface area contributed by atoms with Gasteiger partial charge in [0.25, 0.3) is 5.91 Å². The molecule has 0 aliphatic carbocycles. The summed E-state index contributed by atoms with van der Waals surface area (Å²) in [6, 6.07) is 9.73. The highest BCUT2D eigenvalue weighted by atomic mass is 16.5. The molecule has 1 aliphatic rings. The number of carbonyl (C=O) groups is 1. The van der Waals surface area contributed by atoms with Crippen LogP contribution in [0, 0.1) is 6.92 Å². The van der Waals surface area contributed by atoms with Crippen molar-refractivity contribution in [3.8, 4) is 11.4 Å². The van der Waals surface area contributed by atoms with Gasteiger partial charge in [-0.25, -0.2) is 9.97 Å². The average molecular weight is 375 g/mol. The Labute approximate surface area is 162 Å². The summed E-state index contributed by atoms with van der Waals surface area (Å²) >= 11 is 0. The Morgan fingerprint density at radius 2 is 1.96 bits per heavy atom. The third-order valence-electron chi connectivity index (χ3n) is 4.71. The SMILES string of the molecule is COC1=CC(C)=C(NC(=O)c2ccnc3nc(-c4ccc(C)cc4)[nH]c23)CN1. The zero-order valence-electron chi connectivity index (χ0n) is 16.0. The number of methoxy groups -OCH3 is 1. The van der Waals surface area contributed by atoms with E-state index < -0.39 is 0 Å². The quantitative estimate of drug-likeness (QED) is 0.652. The van der Waals surface area contributed by atoms with Crippen LogP contribution < -0.4 is 10.6 Å². The first-order valence-corrected chi connectivity index (χ1v) is 8.97. The molecule has 3 N–H and O–H groups in total. The number of aryl methyl sites for hydroxylation is 1. The molecular formula is C21H21N5O2. The minimum atomic E-state index is -0.211. The number of hydrogen-bond acceptors (Lipinski definition) is 5. The molecule has 0 fully saturated rings. The molecule has 0 radical (unpaired) electrons. The molecule has 0 unspecified atom stereocenters. The summed E-state index contributed by atoms with van der Waals surface area (Å²) in [7, 11) is 1.60. The van der Waals surface area contributed by atoms with Crippen LogP contribution in [0.3, 0.4) is 0 Å². The first-order valence-electron chi connectivity index (χ1n) is 8.97. The van der Waals surface area contributed by atoms with Gasteiger partial charge in [0, 0.05) is 23.5 Å². The molecule has 3 aromatic rings. The number of nitrogens with zero attached hydrogens (tertiary/aromatic N) is 2. The average Bonchev–Trinajstić information content (AvgIpc) is 3.14. The number of ether oxygens (including phenoxy) is 1. The Morgan fingerprint density at radius 1 is 1.18 bits per heavy atom. The van der Waals surface area contributed by atoms with Crippen LogP contribution in [0.2, 0.25) is 0 Å². The van der Waals surface area contributed by atoms with E-state index in [9.17, 15) is 4.79 Å². The summed E-state index contributed by atoms with van der Waals surface area (Å²) in [6.07, 6.45) is 3.45. The highest BCUT2D eigenvalue weighted by Crippen LogP contribution is 2.22. The second-order valence-corrected chi connectivity index (χ2v) is 6.69. The molecule has 0 spiro atoms. The molecule has 1 aromatic carbocycles. The Bertz CT molecular complexity index is 1110. The van der Waals surface area contributed by atoms with E-state index in [-0.39, 0.29) is 5.91 Å². The number of nitrogens with one attached hydrogen (secondary N) is 3. The van der Waals surface area contributed by atoms with Crippen LogP contribution in [0.4, 0.5) is 0 Å². The molecule has 1 aliphatic heterocycles. The van der Waals surface area contributed by atoms with Gasteiger partial charge in [-0.2, -0.15) is 0 Å². The maximum Gasteiger partial charge on any atom is 0.257 e. The number of pyridine rings is 1. The minimum Gasteiger partial charge on any atom is -0.483 e. The lowest BCUT2D eigenvalue weighted by atomic mass is 10.1. The van der Waals surface area contributed by atoms with Gasteiger partial charge >= 0.3 is 0 Å². The number of hydrogen-bond donors (Lipinski definition) is 3. The maximum atomic E-state index is 12.9. The molecule has 3 heterocycles. The van der Waals surface area contributed by atoms with E-state index in [2.05, 4.69) is 25.6 Å². The van der Waals surface area contributed by atoms with Crippen LogP contribution in [0.25, 0.3) is 22.6 Å². The van der Waals surface area contributed by atoms with Crippen molar-refractivity contribution in [3.05, 3.63) is 70.9 Å². The highest BCUT2D eigenvalue weighted by molar-refractivity contribution is 6.05. The first-order chi connectivity index (χ1) is 13.5. The lowest BCUT2D eigenvalue weighted by Crippen LogP contribution is -2.33. The third kappa shape index (κ3) is 3.34. The fourth-order valence-electron chi connectivity index (χ4n) is 3.08. The predicted octanol–water partition coefficient (Wildman–Crippen LogP) is 3.03. The number of carbonyl (C=O) groups excluding carboxylic acids is 1. The van der Waals surface area contributed by atoms with E-state index in [0.717, 1.165) is 16.8 Å². The van der Waals surface area contributed by atoms with Gasteiger partial charge in [-0.15, -0.1) is 0 Å². The van der Waals surface area contributed by atoms with Gasteiger partial charge in [-0.05, 0) is 25.5 Å². The maximum absolute atomic E-state index is 12.9. The van der Waals surface area contributed by atoms with Gasteiger partial charge in [-0.3, -0.25) is 4.79 Å². The molecule has 142 valence electrons. The molecular weight excluding hydrogens is 354 g/mol. The van der Waals surface area contributed by atoms with E-state index in [4.69, 9.17) is 4.74 Å². The van der Waals surface area contributed by atoms with Gasteiger partial charge in [0.1, 0.15) is 5.82 Å². The van der Waals surface area contributed by atoms with Gasteiger partial charge in [0.05, 0.1) is 24.7 Å². The number of amides is 1. The Hall–Kier alpha value is -3.61. The number of rotatable bonds is 4. The van der Waals surface area contributed by atoms with E-state index >= 15 is 0 Å². The van der Waals surface area contributed by atoms with Gasteiger partial charge in [0.15, 0.2) is 11.5 Å². The zero-order valence-corrected chi connectivity index (χ0v) is 16.0. The van der Waals surface area contributed by atoms with Crippen LogP contribution in [-0.2, 0) is 4.74 Å². The van der Waals surface area contributed by atoms with Crippen molar-refractivity contribution in [3.63, 3.8) is 0 Å². The largest absolute Gasteiger partial charge is 0.483 e. The number of benzene rings is 1. The summed E-state index contributed by atoms with van der Waals surface area (Å²) < 4.78 is 5.19. The first kappa shape index (κ1) is 17.8. The molecule has 2 aromatic heterocycles. The van der Waals surface area contributed by atoms with Gasteiger partial charge < -0.3 is 20.4 Å². The monoisotopic (exact) mass is 375 g/mol. The summed E-state index contributed by atoms with van der Waals surface area (Å²) in [6.45, 7) is 4.46. The smallest absolute Gasteiger partial charge is 0.257 e. The fourth-order valence-corrected chi connectivity index (χ4v) is 3.08. The summed E-state index contributed by atoms with van der Waals surface area (Å²) in [5.74, 6) is 1.15. The molecule has 0 atom stereocenters. The molecule has 0 bridgehead atoms. The lowest BCUT2D eigenvalue weighted by Gasteiger charge is -2.20. The topological polar surface area (TPSA) is 91.9 Å². The molecule has 4 rings (SSSR count). The summed E-state index contributed by atoms with van der Waals surface area (Å²) in [5, 5.41) is 6.09. The van der Waals surface area contributed by atoms with Crippen molar-refractivity contribution in [1.82, 2.24) is 25.6 Å². The van der Waals surface area contributed by atoms with Crippen LogP contribution in [-0.4, -0.2) is 34.5 Å². The highest BCUT2D eigenvalue weighted by Gasteiger charge is 2.18. The van der Waals surface area contributed by atoms with E-state index in [1.165, 1.54) is 5.56 Å². The van der Waals surface area contributed by atoms with Crippen LogP contribution >= 0.6 is 0 Å². The summed E-state index contributed by atoms with van der Waals surface area (Å²) in [5.41, 5.74) is 5.49. The van der Waals surface area contributed by atoms with Crippen LogP contribution in [0.5, 0.6) is 0 Å². The molecule has 28 heavy (non-hydrogen) atoms. The lowest BCUT2D eigenvalue weighted by molar-refractivity contribution is 0.0965. The predicted molar refractivity (Wildman–Crippen MR) is 107 cm³/mol. The molecule has 1 amide bonds. The summed E-state index contributed by atoms with van der Waals surface area (Å²) in [4.78, 5) is 25.0. The van der Waals surface area contributed by atoms with Crippen LogP contribution in [0.15, 0.2) is 59.8 Å². The number of dihydropyridines is 1. The molecule has 7 heteroatoms. The van der Waals surface area contributed by atoms with E-state index in [0.29, 0.717) is 35.0 Å². The second-order valence-electron chi connectivity index (χ2n) is 6.69. The van der Waals surface area contributed by atoms with Gasteiger partial charge in [0.2, 0.25) is 0 Å². The van der Waals surface area contributed by atoms with Crippen molar-refractivity contribution in [2.24, 2.45) is 0 Å². The zero-order chi connectivity index (χ0) is 19.7. The number of allylic oxidation sites excluding steroid dienone is 2. The molecule has 0 saturated heterocycles. The number of H-pyrrole nitrogens is 1. The van der Waals surface area contributed by atoms with Crippen molar-refractivity contribution in [1.29, 1.82) is 0 Å². The Morgan fingerprint density at radius 3 is 2.68 bits per heavy atom. The Kier molecular flexibility index (Phi) is 4.57. The van der Waals surface area contributed by atoms with Crippen molar-refractivity contribution < 1.29 is 9.53 Å². The van der Waals surface area contributed by atoms with Crippen molar-refractivity contribution in [2.75, 3.05) is 13.7 Å². The van der Waals surface area contributed by atoms with Gasteiger partial charge in [-0.1, -0.05) is 29.8 Å². The van der Waals surface area contributed by atoms with E-state index in [1.54, 1.807) is 19.4 Å². The molecule has 0 saturated carbocycles. The number of aromatic amines is 1. The number of aromatic nitrogens is 3. The van der Waals surface area contributed by atoms with Crippen molar-refractivity contribution >= 4 is 17.1 Å². The third-order valence-corrected chi connectivity index (χ3v) is 4.71. The normalized spacial score (nSPS) is 13.9.